The van der Waals surface area contributed by atoms with E-state index in [0.717, 1.165) is 42.7 Å². The third kappa shape index (κ3) is 4.44. The van der Waals surface area contributed by atoms with E-state index in [2.05, 4.69) is 25.6 Å². The van der Waals surface area contributed by atoms with Crippen molar-refractivity contribution in [3.8, 4) is 16.9 Å². The van der Waals surface area contributed by atoms with Crippen molar-refractivity contribution < 1.29 is 4.74 Å². The quantitative estimate of drug-likeness (QED) is 0.387. The van der Waals surface area contributed by atoms with Gasteiger partial charge in [-0.25, -0.2) is 9.78 Å². The Kier molecular flexibility index (Phi) is 6.02. The van der Waals surface area contributed by atoms with Crippen LogP contribution in [0.25, 0.3) is 22.3 Å². The standard InChI is InChI=1S/C24H25ClN6O2/c1-33-21-7-6-16(18-4-2-3-5-19(18)25)10-17(21)14-31-22-20(29-24(31)32)13-28-23(30-22)27-12-15-8-9-26-11-15/h2-7,10,13,15,26H,8-9,11-12,14H2,1H3,(H,29,32)(H,27,28,30)/t15-/m1/s1. The van der Waals surface area contributed by atoms with Gasteiger partial charge in [0.25, 0.3) is 0 Å². The minimum atomic E-state index is -0.248. The Morgan fingerprint density at radius 1 is 1.27 bits per heavy atom. The van der Waals surface area contributed by atoms with Crippen LogP contribution in [0.1, 0.15) is 12.0 Å². The first-order chi connectivity index (χ1) is 16.1. The van der Waals surface area contributed by atoms with Gasteiger partial charge in [-0.1, -0.05) is 35.9 Å². The molecule has 4 aromatic rings. The van der Waals surface area contributed by atoms with Crippen molar-refractivity contribution in [1.82, 2.24) is 24.8 Å². The molecule has 0 unspecified atom stereocenters. The van der Waals surface area contributed by atoms with Crippen LogP contribution in [-0.4, -0.2) is 46.3 Å². The lowest BCUT2D eigenvalue weighted by atomic mass is 10.0. The number of aromatic nitrogens is 4. The zero-order valence-electron chi connectivity index (χ0n) is 18.3. The van der Waals surface area contributed by atoms with Crippen LogP contribution in [-0.2, 0) is 6.54 Å². The Morgan fingerprint density at radius 2 is 2.15 bits per heavy atom. The van der Waals surface area contributed by atoms with Gasteiger partial charge in [-0.05, 0) is 49.2 Å². The normalized spacial score (nSPS) is 15.8. The first-order valence-electron chi connectivity index (χ1n) is 10.9. The van der Waals surface area contributed by atoms with Gasteiger partial charge in [-0.2, -0.15) is 4.98 Å². The summed E-state index contributed by atoms with van der Waals surface area (Å²) in [5.41, 5.74) is 3.61. The topological polar surface area (TPSA) is 96.9 Å². The molecule has 0 amide bonds. The first-order valence-corrected chi connectivity index (χ1v) is 11.3. The van der Waals surface area contributed by atoms with Crippen molar-refractivity contribution in [2.75, 3.05) is 32.1 Å². The second kappa shape index (κ2) is 9.25. The molecule has 1 fully saturated rings. The lowest BCUT2D eigenvalue weighted by molar-refractivity contribution is 0.408. The Hall–Kier alpha value is -3.36. The molecular weight excluding hydrogens is 440 g/mol. The van der Waals surface area contributed by atoms with Crippen molar-refractivity contribution in [2.24, 2.45) is 5.92 Å². The highest BCUT2D eigenvalue weighted by molar-refractivity contribution is 6.33. The molecule has 3 N–H and O–H groups in total. The maximum Gasteiger partial charge on any atom is 0.328 e. The van der Waals surface area contributed by atoms with E-state index in [9.17, 15) is 4.79 Å². The van der Waals surface area contributed by atoms with Crippen LogP contribution in [0, 0.1) is 5.92 Å². The van der Waals surface area contributed by atoms with Gasteiger partial charge in [0, 0.05) is 22.7 Å². The van der Waals surface area contributed by atoms with E-state index in [0.29, 0.717) is 40.3 Å². The minimum absolute atomic E-state index is 0.248. The molecule has 170 valence electrons. The van der Waals surface area contributed by atoms with Crippen molar-refractivity contribution >= 4 is 28.7 Å². The molecule has 3 heterocycles. The summed E-state index contributed by atoms with van der Waals surface area (Å²) < 4.78 is 7.18. The average molecular weight is 465 g/mol. The Balaban J connectivity index is 1.48. The fraction of sp³-hybridized carbons (Fsp3) is 0.292. The second-order valence-corrected chi connectivity index (χ2v) is 8.60. The summed E-state index contributed by atoms with van der Waals surface area (Å²) in [4.78, 5) is 24.6. The summed E-state index contributed by atoms with van der Waals surface area (Å²) in [5, 5.41) is 7.33. The van der Waals surface area contributed by atoms with Gasteiger partial charge in [-0.15, -0.1) is 0 Å². The predicted molar refractivity (Wildman–Crippen MR) is 130 cm³/mol. The number of halogens is 1. The van der Waals surface area contributed by atoms with Crippen molar-refractivity contribution in [3.05, 3.63) is 69.7 Å². The van der Waals surface area contributed by atoms with Gasteiger partial charge in [-0.3, -0.25) is 4.57 Å². The summed E-state index contributed by atoms with van der Waals surface area (Å²) in [6.07, 6.45) is 2.78. The SMILES string of the molecule is COc1ccc(-c2ccccc2Cl)cc1Cn1c(=O)[nH]c2cnc(NC[C@@H]3CCNC3)nc21. The van der Waals surface area contributed by atoms with Gasteiger partial charge in [0.2, 0.25) is 5.95 Å². The van der Waals surface area contributed by atoms with Crippen LogP contribution < -0.4 is 21.1 Å². The van der Waals surface area contributed by atoms with E-state index in [1.165, 1.54) is 0 Å². The number of benzene rings is 2. The number of nitrogens with one attached hydrogen (secondary N) is 3. The molecule has 8 nitrogen and oxygen atoms in total. The molecule has 0 spiro atoms. The molecule has 33 heavy (non-hydrogen) atoms. The molecule has 0 aliphatic carbocycles. The molecule has 2 aromatic carbocycles. The summed E-state index contributed by atoms with van der Waals surface area (Å²) in [5.74, 6) is 1.75. The number of aromatic amines is 1. The van der Waals surface area contributed by atoms with Crippen molar-refractivity contribution in [3.63, 3.8) is 0 Å². The van der Waals surface area contributed by atoms with Crippen molar-refractivity contribution in [2.45, 2.75) is 13.0 Å². The van der Waals surface area contributed by atoms with Gasteiger partial charge in [0.05, 0.1) is 19.9 Å². The fourth-order valence-corrected chi connectivity index (χ4v) is 4.48. The number of methoxy groups -OCH3 is 1. The molecule has 1 saturated heterocycles. The van der Waals surface area contributed by atoms with Crippen molar-refractivity contribution in [1.29, 1.82) is 0 Å². The number of H-pyrrole nitrogens is 1. The highest BCUT2D eigenvalue weighted by atomic mass is 35.5. The number of nitrogens with zero attached hydrogens (tertiary/aromatic N) is 3. The number of hydrogen-bond donors (Lipinski definition) is 3. The number of anilines is 1. The molecule has 0 radical (unpaired) electrons. The maximum absolute atomic E-state index is 12.8. The highest BCUT2D eigenvalue weighted by Crippen LogP contribution is 2.31. The Morgan fingerprint density at radius 3 is 2.94 bits per heavy atom. The average Bonchev–Trinajstić information content (AvgIpc) is 3.46. The van der Waals surface area contributed by atoms with Gasteiger partial charge in [0.15, 0.2) is 5.65 Å². The summed E-state index contributed by atoms with van der Waals surface area (Å²) in [7, 11) is 1.62. The molecule has 9 heteroatoms. The summed E-state index contributed by atoms with van der Waals surface area (Å²) >= 11 is 6.41. The molecule has 5 rings (SSSR count). The van der Waals surface area contributed by atoms with E-state index < -0.39 is 0 Å². The van der Waals surface area contributed by atoms with Crippen LogP contribution in [0.2, 0.25) is 5.02 Å². The predicted octanol–water partition coefficient (Wildman–Crippen LogP) is 3.52. The van der Waals surface area contributed by atoms with E-state index in [1.807, 2.05) is 42.5 Å². The zero-order chi connectivity index (χ0) is 22.8. The molecular formula is C24H25ClN6O2. The summed E-state index contributed by atoms with van der Waals surface area (Å²) in [6, 6.07) is 13.5. The summed E-state index contributed by atoms with van der Waals surface area (Å²) in [6.45, 7) is 3.12. The van der Waals surface area contributed by atoms with Crippen LogP contribution in [0.4, 0.5) is 5.95 Å². The fourth-order valence-electron chi connectivity index (χ4n) is 4.24. The van der Waals surface area contributed by atoms with E-state index in [4.69, 9.17) is 16.3 Å². The molecule has 2 aromatic heterocycles. The number of fused-ring (bicyclic) bond motifs is 1. The molecule has 0 bridgehead atoms. The van der Waals surface area contributed by atoms with Gasteiger partial charge < -0.3 is 20.4 Å². The van der Waals surface area contributed by atoms with Crippen LogP contribution in [0.15, 0.2) is 53.5 Å². The number of rotatable bonds is 7. The van der Waals surface area contributed by atoms with Crippen LogP contribution in [0.5, 0.6) is 5.75 Å². The second-order valence-electron chi connectivity index (χ2n) is 8.19. The number of hydrogen-bond acceptors (Lipinski definition) is 6. The molecule has 1 aliphatic heterocycles. The number of ether oxygens (including phenoxy) is 1. The van der Waals surface area contributed by atoms with E-state index >= 15 is 0 Å². The highest BCUT2D eigenvalue weighted by Gasteiger charge is 2.17. The third-order valence-corrected chi connectivity index (χ3v) is 6.35. The van der Waals surface area contributed by atoms with E-state index in [-0.39, 0.29) is 5.69 Å². The van der Waals surface area contributed by atoms with E-state index in [1.54, 1.807) is 17.9 Å². The van der Waals surface area contributed by atoms with Crippen LogP contribution >= 0.6 is 11.6 Å². The minimum Gasteiger partial charge on any atom is -0.496 e. The third-order valence-electron chi connectivity index (χ3n) is 6.02. The lowest BCUT2D eigenvalue weighted by Crippen LogP contribution is -2.19. The first kappa shape index (κ1) is 21.5. The lowest BCUT2D eigenvalue weighted by Gasteiger charge is -2.13. The Labute approximate surface area is 196 Å². The Bertz CT molecular complexity index is 1340. The number of imidazole rings is 1. The zero-order valence-corrected chi connectivity index (χ0v) is 19.0. The molecule has 1 aliphatic rings. The van der Waals surface area contributed by atoms with Gasteiger partial charge >= 0.3 is 5.69 Å². The molecule has 0 saturated carbocycles. The smallest absolute Gasteiger partial charge is 0.328 e. The largest absolute Gasteiger partial charge is 0.496 e. The van der Waals surface area contributed by atoms with Gasteiger partial charge in [0.1, 0.15) is 11.3 Å². The maximum atomic E-state index is 12.8. The van der Waals surface area contributed by atoms with Crippen LogP contribution in [0.3, 0.4) is 0 Å². The monoisotopic (exact) mass is 464 g/mol. The molecule has 1 atom stereocenters.